The Morgan fingerprint density at radius 1 is 1.62 bits per heavy atom. The van der Waals surface area contributed by atoms with Gasteiger partial charge in [0.2, 0.25) is 0 Å². The van der Waals surface area contributed by atoms with Crippen LogP contribution in [-0.4, -0.2) is 24.9 Å². The highest BCUT2D eigenvalue weighted by Gasteiger charge is 1.96. The van der Waals surface area contributed by atoms with Crippen LogP contribution in [0.1, 0.15) is 13.8 Å². The van der Waals surface area contributed by atoms with Gasteiger partial charge in [0.1, 0.15) is 0 Å². The quantitative estimate of drug-likeness (QED) is 0.587. The zero-order valence-corrected chi connectivity index (χ0v) is 5.55. The molecule has 0 aliphatic heterocycles. The number of aliphatic hydroxyl groups excluding tert-OH is 1. The van der Waals surface area contributed by atoms with E-state index >= 15 is 0 Å². The fourth-order valence-electron chi connectivity index (χ4n) is 0.372. The SMILES string of the molecule is CCOC[C@@H](C)CO. The van der Waals surface area contributed by atoms with E-state index in [0.717, 1.165) is 6.61 Å². The molecule has 0 amide bonds. The van der Waals surface area contributed by atoms with E-state index in [4.69, 9.17) is 9.84 Å². The smallest absolute Gasteiger partial charge is 0.0513 e. The topological polar surface area (TPSA) is 29.5 Å². The average Bonchev–Trinajstić information content (AvgIpc) is 1.83. The predicted molar refractivity (Wildman–Crippen MR) is 32.7 cm³/mol. The van der Waals surface area contributed by atoms with Crippen LogP contribution in [0.3, 0.4) is 0 Å². The molecule has 0 radical (unpaired) electrons. The lowest BCUT2D eigenvalue weighted by atomic mass is 10.2. The van der Waals surface area contributed by atoms with Crippen molar-refractivity contribution in [3.05, 3.63) is 0 Å². The Hall–Kier alpha value is -0.0800. The van der Waals surface area contributed by atoms with Crippen molar-refractivity contribution in [1.29, 1.82) is 0 Å². The van der Waals surface area contributed by atoms with Gasteiger partial charge in [-0.25, -0.2) is 0 Å². The lowest BCUT2D eigenvalue weighted by molar-refractivity contribution is 0.0885. The second-order valence-electron chi connectivity index (χ2n) is 1.95. The summed E-state index contributed by atoms with van der Waals surface area (Å²) in [5, 5.41) is 8.48. The lowest BCUT2D eigenvalue weighted by Crippen LogP contribution is -2.09. The van der Waals surface area contributed by atoms with Gasteiger partial charge >= 0.3 is 0 Å². The van der Waals surface area contributed by atoms with Crippen LogP contribution >= 0.6 is 0 Å². The van der Waals surface area contributed by atoms with Crippen molar-refractivity contribution in [3.63, 3.8) is 0 Å². The summed E-state index contributed by atoms with van der Waals surface area (Å²) < 4.78 is 5.03. The highest BCUT2D eigenvalue weighted by molar-refractivity contribution is 4.44. The Balaban J connectivity index is 2.86. The van der Waals surface area contributed by atoms with Gasteiger partial charge in [-0.1, -0.05) is 6.92 Å². The molecule has 8 heavy (non-hydrogen) atoms. The molecule has 0 rings (SSSR count). The van der Waals surface area contributed by atoms with E-state index in [2.05, 4.69) is 0 Å². The molecule has 0 aromatic rings. The van der Waals surface area contributed by atoms with Crippen molar-refractivity contribution < 1.29 is 9.84 Å². The van der Waals surface area contributed by atoms with Gasteiger partial charge < -0.3 is 9.84 Å². The van der Waals surface area contributed by atoms with Crippen molar-refractivity contribution in [2.45, 2.75) is 13.8 Å². The molecule has 50 valence electrons. The Bertz CT molecular complexity index is 45.8. The van der Waals surface area contributed by atoms with E-state index < -0.39 is 0 Å². The highest BCUT2D eigenvalue weighted by atomic mass is 16.5. The largest absolute Gasteiger partial charge is 0.396 e. The maximum absolute atomic E-state index is 8.48. The highest BCUT2D eigenvalue weighted by Crippen LogP contribution is 1.91. The summed E-state index contributed by atoms with van der Waals surface area (Å²) >= 11 is 0. The van der Waals surface area contributed by atoms with Gasteiger partial charge in [0.05, 0.1) is 6.61 Å². The lowest BCUT2D eigenvalue weighted by Gasteiger charge is -2.05. The molecule has 0 saturated carbocycles. The molecule has 2 nitrogen and oxygen atoms in total. The molecule has 0 heterocycles. The van der Waals surface area contributed by atoms with Crippen LogP contribution in [0, 0.1) is 5.92 Å². The molecular weight excluding hydrogens is 104 g/mol. The molecule has 0 fully saturated rings. The summed E-state index contributed by atoms with van der Waals surface area (Å²) in [4.78, 5) is 0. The fraction of sp³-hybridized carbons (Fsp3) is 1.00. The Kier molecular flexibility index (Phi) is 5.01. The number of aliphatic hydroxyl groups is 1. The summed E-state index contributed by atoms with van der Waals surface area (Å²) in [6.07, 6.45) is 0. The van der Waals surface area contributed by atoms with Crippen molar-refractivity contribution in [1.82, 2.24) is 0 Å². The van der Waals surface area contributed by atoms with Gasteiger partial charge in [-0.05, 0) is 6.92 Å². The van der Waals surface area contributed by atoms with Gasteiger partial charge in [-0.15, -0.1) is 0 Å². The summed E-state index contributed by atoms with van der Waals surface area (Å²) in [6, 6.07) is 0. The standard InChI is InChI=1S/C6H14O2/c1-3-8-5-6(2)4-7/h6-7H,3-5H2,1-2H3/t6-/m0/s1. The first-order valence-corrected chi connectivity index (χ1v) is 2.99. The van der Waals surface area contributed by atoms with Crippen LogP contribution in [0.25, 0.3) is 0 Å². The van der Waals surface area contributed by atoms with Crippen molar-refractivity contribution >= 4 is 0 Å². The average molecular weight is 118 g/mol. The van der Waals surface area contributed by atoms with Gasteiger partial charge in [-0.2, -0.15) is 0 Å². The molecule has 0 bridgehead atoms. The normalized spacial score (nSPS) is 13.9. The number of ether oxygens (including phenoxy) is 1. The molecule has 0 aliphatic rings. The van der Waals surface area contributed by atoms with Crippen LogP contribution in [0.5, 0.6) is 0 Å². The maximum Gasteiger partial charge on any atom is 0.0513 e. The molecule has 2 heteroatoms. The number of rotatable bonds is 4. The minimum absolute atomic E-state index is 0.222. The molecule has 0 aliphatic carbocycles. The zero-order valence-electron chi connectivity index (χ0n) is 5.55. The van der Waals surface area contributed by atoms with E-state index in [0.29, 0.717) is 6.61 Å². The minimum atomic E-state index is 0.222. The van der Waals surface area contributed by atoms with Gasteiger partial charge in [0, 0.05) is 19.1 Å². The first-order chi connectivity index (χ1) is 3.81. The first-order valence-electron chi connectivity index (χ1n) is 2.99. The Labute approximate surface area is 50.5 Å². The van der Waals surface area contributed by atoms with Crippen molar-refractivity contribution in [2.24, 2.45) is 5.92 Å². The summed E-state index contributed by atoms with van der Waals surface area (Å²) in [6.45, 7) is 5.54. The van der Waals surface area contributed by atoms with Crippen LogP contribution in [0.4, 0.5) is 0 Å². The van der Waals surface area contributed by atoms with Gasteiger partial charge in [-0.3, -0.25) is 0 Å². The molecule has 1 atom stereocenters. The Morgan fingerprint density at radius 3 is 2.62 bits per heavy atom. The zero-order chi connectivity index (χ0) is 6.41. The third kappa shape index (κ3) is 4.09. The second-order valence-corrected chi connectivity index (χ2v) is 1.95. The molecule has 1 N–H and O–H groups in total. The van der Waals surface area contributed by atoms with Crippen molar-refractivity contribution in [2.75, 3.05) is 19.8 Å². The van der Waals surface area contributed by atoms with E-state index in [9.17, 15) is 0 Å². The molecule has 0 aromatic carbocycles. The minimum Gasteiger partial charge on any atom is -0.396 e. The summed E-state index contributed by atoms with van der Waals surface area (Å²) in [5.41, 5.74) is 0. The van der Waals surface area contributed by atoms with E-state index in [-0.39, 0.29) is 12.5 Å². The Morgan fingerprint density at radius 2 is 2.25 bits per heavy atom. The molecule has 0 saturated heterocycles. The van der Waals surface area contributed by atoms with Crippen molar-refractivity contribution in [3.8, 4) is 0 Å². The van der Waals surface area contributed by atoms with Crippen LogP contribution in [0.15, 0.2) is 0 Å². The summed E-state index contributed by atoms with van der Waals surface area (Å²) in [5.74, 6) is 0.287. The van der Waals surface area contributed by atoms with Gasteiger partial charge in [0.15, 0.2) is 0 Å². The molecular formula is C6H14O2. The van der Waals surface area contributed by atoms with E-state index in [1.165, 1.54) is 0 Å². The predicted octanol–water partition coefficient (Wildman–Crippen LogP) is 0.651. The number of hydrogen-bond donors (Lipinski definition) is 1. The van der Waals surface area contributed by atoms with Crippen LogP contribution in [0.2, 0.25) is 0 Å². The van der Waals surface area contributed by atoms with Crippen LogP contribution in [-0.2, 0) is 4.74 Å². The van der Waals surface area contributed by atoms with E-state index in [1.807, 2.05) is 13.8 Å². The first kappa shape index (κ1) is 7.92. The molecule has 0 spiro atoms. The third-order valence-corrected chi connectivity index (χ3v) is 0.918. The second kappa shape index (κ2) is 5.06. The fourth-order valence-corrected chi connectivity index (χ4v) is 0.372. The molecule has 0 aromatic heterocycles. The van der Waals surface area contributed by atoms with E-state index in [1.54, 1.807) is 0 Å². The summed E-state index contributed by atoms with van der Waals surface area (Å²) in [7, 11) is 0. The van der Waals surface area contributed by atoms with Gasteiger partial charge in [0.25, 0.3) is 0 Å². The van der Waals surface area contributed by atoms with Crippen LogP contribution < -0.4 is 0 Å². The monoisotopic (exact) mass is 118 g/mol. The third-order valence-electron chi connectivity index (χ3n) is 0.918. The molecule has 0 unspecified atom stereocenters. The maximum atomic E-state index is 8.48. The number of hydrogen-bond acceptors (Lipinski definition) is 2.